The van der Waals surface area contributed by atoms with Crippen molar-refractivity contribution in [3.05, 3.63) is 33.9 Å². The number of hydrogen-bond donors (Lipinski definition) is 1. The number of hydrogen-bond acceptors (Lipinski definition) is 7. The van der Waals surface area contributed by atoms with Crippen molar-refractivity contribution in [2.45, 2.75) is 17.7 Å². The van der Waals surface area contributed by atoms with Crippen molar-refractivity contribution in [3.63, 3.8) is 0 Å². The summed E-state index contributed by atoms with van der Waals surface area (Å²) in [4.78, 5) is 28.6. The van der Waals surface area contributed by atoms with Gasteiger partial charge in [-0.3, -0.25) is 14.9 Å². The number of aromatic nitrogens is 3. The highest BCUT2D eigenvalue weighted by Crippen LogP contribution is 2.22. The summed E-state index contributed by atoms with van der Waals surface area (Å²) in [5.74, 6) is 0.734. The third-order valence-corrected chi connectivity index (χ3v) is 4.14. The molecule has 0 saturated heterocycles. The van der Waals surface area contributed by atoms with Crippen molar-refractivity contribution >= 4 is 34.8 Å². The second kappa shape index (κ2) is 5.93. The number of thioether (sulfide) groups is 1. The Labute approximate surface area is 116 Å². The first-order valence-electron chi connectivity index (χ1n) is 5.41. The molecule has 19 heavy (non-hydrogen) atoms. The molecular formula is C10H10N4O3S2. The minimum absolute atomic E-state index is 0.113. The molecule has 0 aliphatic rings. The summed E-state index contributed by atoms with van der Waals surface area (Å²) in [5.41, 5.74) is 0.122. The van der Waals surface area contributed by atoms with Gasteiger partial charge in [0.1, 0.15) is 5.82 Å². The van der Waals surface area contributed by atoms with Crippen molar-refractivity contribution in [2.75, 3.05) is 5.75 Å². The molecule has 0 bridgehead atoms. The van der Waals surface area contributed by atoms with Crippen molar-refractivity contribution in [3.8, 4) is 0 Å². The second-order valence-electron chi connectivity index (χ2n) is 3.57. The van der Waals surface area contributed by atoms with Crippen molar-refractivity contribution in [1.29, 1.82) is 0 Å². The topological polar surface area (TPSA) is 102 Å². The molecular weight excluding hydrogens is 288 g/mol. The number of nitrogens with zero attached hydrogens (tertiary/aromatic N) is 3. The average Bonchev–Trinajstić information content (AvgIpc) is 3.04. The van der Waals surface area contributed by atoms with Crippen LogP contribution in [0.3, 0.4) is 0 Å². The molecule has 2 heterocycles. The van der Waals surface area contributed by atoms with E-state index in [0.717, 1.165) is 16.6 Å². The van der Waals surface area contributed by atoms with Crippen LogP contribution in [0.2, 0.25) is 0 Å². The Morgan fingerprint density at radius 1 is 1.63 bits per heavy atom. The molecule has 1 N–H and O–H groups in total. The lowest BCUT2D eigenvalue weighted by Gasteiger charge is -1.94. The molecule has 0 aliphatic carbocycles. The third-order valence-electron chi connectivity index (χ3n) is 2.27. The van der Waals surface area contributed by atoms with Gasteiger partial charge >= 0.3 is 0 Å². The van der Waals surface area contributed by atoms with E-state index in [1.807, 2.05) is 6.92 Å². The number of rotatable bonds is 6. The number of nitro groups is 1. The maximum atomic E-state index is 11.8. The van der Waals surface area contributed by atoms with Crippen LogP contribution in [0.1, 0.15) is 23.2 Å². The first kappa shape index (κ1) is 13.7. The van der Waals surface area contributed by atoms with E-state index in [9.17, 15) is 14.9 Å². The highest BCUT2D eigenvalue weighted by atomic mass is 32.2. The number of carbonyl (C=O) groups excluding carboxylic acids is 1. The van der Waals surface area contributed by atoms with E-state index in [2.05, 4.69) is 14.3 Å². The fraction of sp³-hybridized carbons (Fsp3) is 0.300. The molecule has 2 aromatic heterocycles. The van der Waals surface area contributed by atoms with Crippen molar-refractivity contribution in [1.82, 2.24) is 14.3 Å². The zero-order chi connectivity index (χ0) is 13.8. The molecule has 0 fully saturated rings. The zero-order valence-corrected chi connectivity index (χ0v) is 11.6. The van der Waals surface area contributed by atoms with Gasteiger partial charge in [-0.25, -0.2) is 4.98 Å². The van der Waals surface area contributed by atoms with Gasteiger partial charge in [0.15, 0.2) is 10.1 Å². The van der Waals surface area contributed by atoms with E-state index in [4.69, 9.17) is 0 Å². The lowest BCUT2D eigenvalue weighted by atomic mass is 10.3. The molecule has 0 unspecified atom stereocenters. The highest BCUT2D eigenvalue weighted by molar-refractivity contribution is 8.01. The largest absolute Gasteiger partial charge is 0.353 e. The van der Waals surface area contributed by atoms with Crippen LogP contribution >= 0.6 is 23.3 Å². The second-order valence-corrected chi connectivity index (χ2v) is 5.54. The first-order valence-corrected chi connectivity index (χ1v) is 7.17. The number of aromatic amines is 1. The summed E-state index contributed by atoms with van der Waals surface area (Å²) in [7, 11) is 0. The predicted octanol–water partition coefficient (Wildman–Crippen LogP) is 2.31. The quantitative estimate of drug-likeness (QED) is 0.380. The monoisotopic (exact) mass is 298 g/mol. The van der Waals surface area contributed by atoms with Gasteiger partial charge < -0.3 is 4.98 Å². The Morgan fingerprint density at radius 3 is 3.00 bits per heavy atom. The van der Waals surface area contributed by atoms with Gasteiger partial charge in [0.25, 0.3) is 5.69 Å². The summed E-state index contributed by atoms with van der Waals surface area (Å²) >= 11 is 2.54. The van der Waals surface area contributed by atoms with Crippen LogP contribution in [0, 0.1) is 10.1 Å². The van der Waals surface area contributed by atoms with E-state index in [1.165, 1.54) is 35.6 Å². The molecule has 9 heteroatoms. The Kier molecular flexibility index (Phi) is 4.27. The molecule has 0 saturated carbocycles. The van der Waals surface area contributed by atoms with Crippen LogP contribution in [0.4, 0.5) is 5.69 Å². The summed E-state index contributed by atoms with van der Waals surface area (Å²) in [6, 6.07) is 1.24. The third kappa shape index (κ3) is 3.38. The maximum absolute atomic E-state index is 11.8. The van der Waals surface area contributed by atoms with Crippen molar-refractivity contribution < 1.29 is 9.72 Å². The Bertz CT molecular complexity index is 607. The minimum Gasteiger partial charge on any atom is -0.353 e. The molecule has 2 rings (SSSR count). The Hall–Kier alpha value is -1.74. The van der Waals surface area contributed by atoms with Crippen LogP contribution in [0.15, 0.2) is 16.6 Å². The number of aryl methyl sites for hydroxylation is 1. The average molecular weight is 298 g/mol. The molecule has 7 nitrogen and oxygen atoms in total. The van der Waals surface area contributed by atoms with E-state index >= 15 is 0 Å². The van der Waals surface area contributed by atoms with Crippen LogP contribution < -0.4 is 0 Å². The summed E-state index contributed by atoms with van der Waals surface area (Å²) in [5, 5.41) is 10.5. The van der Waals surface area contributed by atoms with Gasteiger partial charge in [-0.15, -0.1) is 0 Å². The van der Waals surface area contributed by atoms with Gasteiger partial charge in [-0.2, -0.15) is 4.37 Å². The number of nitrogens with one attached hydrogen (secondary N) is 1. The van der Waals surface area contributed by atoms with E-state index < -0.39 is 4.92 Å². The van der Waals surface area contributed by atoms with Gasteiger partial charge in [0.2, 0.25) is 0 Å². The Morgan fingerprint density at radius 2 is 2.42 bits per heavy atom. The van der Waals surface area contributed by atoms with Crippen molar-refractivity contribution in [2.24, 2.45) is 0 Å². The van der Waals surface area contributed by atoms with Gasteiger partial charge in [0, 0.05) is 12.5 Å². The minimum atomic E-state index is -0.543. The van der Waals surface area contributed by atoms with Gasteiger partial charge in [0.05, 0.1) is 22.6 Å². The summed E-state index contributed by atoms with van der Waals surface area (Å²) in [6.45, 7) is 1.96. The number of carbonyl (C=O) groups is 1. The molecule has 0 atom stereocenters. The molecule has 0 spiro atoms. The van der Waals surface area contributed by atoms with E-state index in [0.29, 0.717) is 0 Å². The smallest absolute Gasteiger partial charge is 0.287 e. The standard InChI is InChI=1S/C10H10N4O3S2/c1-2-9-12-10(19-13-9)18-5-8(15)7-3-6(4-11-7)14(16)17/h3-4,11H,2,5H2,1H3. The molecule has 0 aromatic carbocycles. The lowest BCUT2D eigenvalue weighted by molar-refractivity contribution is -0.384. The van der Waals surface area contributed by atoms with Crippen LogP contribution in [-0.4, -0.2) is 30.8 Å². The number of H-pyrrole nitrogens is 1. The molecule has 2 aromatic rings. The first-order chi connectivity index (χ1) is 9.10. The van der Waals surface area contributed by atoms with Crippen LogP contribution in [-0.2, 0) is 6.42 Å². The SMILES string of the molecule is CCc1nsc(SCC(=O)c2cc([N+](=O)[O-])c[nH]2)n1. The normalized spacial score (nSPS) is 10.6. The molecule has 100 valence electrons. The number of Topliss-reactive ketones (excluding diaryl/α,β-unsaturated/α-hetero) is 1. The van der Waals surface area contributed by atoms with E-state index in [-0.39, 0.29) is 22.9 Å². The van der Waals surface area contributed by atoms with Gasteiger partial charge in [-0.1, -0.05) is 18.7 Å². The predicted molar refractivity (Wildman–Crippen MR) is 71.8 cm³/mol. The summed E-state index contributed by atoms with van der Waals surface area (Å²) < 4.78 is 4.84. The number of ketones is 1. The van der Waals surface area contributed by atoms with Crippen LogP contribution in [0.25, 0.3) is 0 Å². The van der Waals surface area contributed by atoms with Gasteiger partial charge in [-0.05, 0) is 11.5 Å². The molecule has 0 aliphatic heterocycles. The zero-order valence-electron chi connectivity index (χ0n) is 9.95. The fourth-order valence-electron chi connectivity index (χ4n) is 1.29. The highest BCUT2D eigenvalue weighted by Gasteiger charge is 2.15. The molecule has 0 amide bonds. The van der Waals surface area contributed by atoms with E-state index in [1.54, 1.807) is 0 Å². The Balaban J connectivity index is 1.95. The van der Waals surface area contributed by atoms with Crippen LogP contribution in [0.5, 0.6) is 0 Å². The lowest BCUT2D eigenvalue weighted by Crippen LogP contribution is -2.02. The summed E-state index contributed by atoms with van der Waals surface area (Å²) in [6.07, 6.45) is 1.96. The maximum Gasteiger partial charge on any atom is 0.287 e. The fourth-order valence-corrected chi connectivity index (χ4v) is 2.87. The molecule has 0 radical (unpaired) electrons.